The molecule has 2 amide bonds. The van der Waals surface area contributed by atoms with Crippen LogP contribution in [0.5, 0.6) is 0 Å². The highest BCUT2D eigenvalue weighted by atomic mass is 32.2. The molecule has 1 N–H and O–H groups in total. The SMILES string of the molecule is CCc1cccc(NC(=O)N2CCS[C@@H]2c2cccc(C(F)(F)F)c2)c1. The Hall–Kier alpha value is -2.15. The first kappa shape index (κ1) is 18.6. The summed E-state index contributed by atoms with van der Waals surface area (Å²) in [7, 11) is 0. The van der Waals surface area contributed by atoms with Crippen molar-refractivity contribution in [3.63, 3.8) is 0 Å². The average molecular weight is 380 g/mol. The monoisotopic (exact) mass is 380 g/mol. The van der Waals surface area contributed by atoms with Crippen LogP contribution in [0.4, 0.5) is 23.7 Å². The molecule has 0 spiro atoms. The number of amides is 2. The van der Waals surface area contributed by atoms with Crippen LogP contribution in [0.3, 0.4) is 0 Å². The van der Waals surface area contributed by atoms with E-state index in [-0.39, 0.29) is 6.03 Å². The van der Waals surface area contributed by atoms with Gasteiger partial charge in [0.15, 0.2) is 0 Å². The second-order valence-corrected chi connectivity index (χ2v) is 7.21. The van der Waals surface area contributed by atoms with Gasteiger partial charge in [-0.25, -0.2) is 4.79 Å². The summed E-state index contributed by atoms with van der Waals surface area (Å²) in [4.78, 5) is 14.2. The second kappa shape index (κ2) is 7.61. The van der Waals surface area contributed by atoms with E-state index >= 15 is 0 Å². The van der Waals surface area contributed by atoms with Crippen molar-refractivity contribution in [2.75, 3.05) is 17.6 Å². The van der Waals surface area contributed by atoms with Gasteiger partial charge in [-0.3, -0.25) is 0 Å². The number of carbonyl (C=O) groups is 1. The molecule has 2 aromatic carbocycles. The van der Waals surface area contributed by atoms with Crippen molar-refractivity contribution in [3.8, 4) is 0 Å². The standard InChI is InChI=1S/C19H19F3N2OS/c1-2-13-5-3-8-16(11-13)23-18(25)24-9-10-26-17(24)14-6-4-7-15(12-14)19(20,21)22/h3-8,11-12,17H,2,9-10H2,1H3,(H,23,25)/t17-/m1/s1. The molecular formula is C19H19F3N2OS. The molecule has 1 saturated heterocycles. The predicted octanol–water partition coefficient (Wildman–Crippen LogP) is 5.55. The Morgan fingerprint density at radius 3 is 2.73 bits per heavy atom. The zero-order valence-electron chi connectivity index (χ0n) is 14.2. The van der Waals surface area contributed by atoms with Crippen LogP contribution in [0.1, 0.15) is 29.0 Å². The number of halogens is 3. The van der Waals surface area contributed by atoms with Crippen molar-refractivity contribution < 1.29 is 18.0 Å². The largest absolute Gasteiger partial charge is 0.416 e. The van der Waals surface area contributed by atoms with Gasteiger partial charge in [-0.15, -0.1) is 11.8 Å². The summed E-state index contributed by atoms with van der Waals surface area (Å²) < 4.78 is 38.9. The molecule has 1 aliphatic heterocycles. The van der Waals surface area contributed by atoms with E-state index < -0.39 is 17.1 Å². The lowest BCUT2D eigenvalue weighted by atomic mass is 10.1. The average Bonchev–Trinajstić information content (AvgIpc) is 3.11. The normalized spacial score (nSPS) is 17.4. The minimum absolute atomic E-state index is 0.300. The molecule has 3 rings (SSSR count). The van der Waals surface area contributed by atoms with E-state index in [1.165, 1.54) is 17.8 Å². The molecular weight excluding hydrogens is 361 g/mol. The van der Waals surface area contributed by atoms with E-state index in [1.54, 1.807) is 17.0 Å². The molecule has 1 fully saturated rings. The van der Waals surface area contributed by atoms with Crippen molar-refractivity contribution in [3.05, 3.63) is 65.2 Å². The molecule has 0 saturated carbocycles. The first-order valence-corrected chi connectivity index (χ1v) is 9.38. The number of hydrogen-bond donors (Lipinski definition) is 1. The van der Waals surface area contributed by atoms with Gasteiger partial charge in [0.05, 0.1) is 5.56 Å². The highest BCUT2D eigenvalue weighted by Gasteiger charge is 2.34. The molecule has 0 unspecified atom stereocenters. The number of thioether (sulfide) groups is 1. The van der Waals surface area contributed by atoms with Crippen LogP contribution in [0.15, 0.2) is 48.5 Å². The summed E-state index contributed by atoms with van der Waals surface area (Å²) in [6.07, 6.45) is -3.54. The lowest BCUT2D eigenvalue weighted by Crippen LogP contribution is -2.34. The van der Waals surface area contributed by atoms with E-state index in [9.17, 15) is 18.0 Å². The molecule has 0 aliphatic carbocycles. The lowest BCUT2D eigenvalue weighted by Gasteiger charge is -2.25. The van der Waals surface area contributed by atoms with Crippen LogP contribution in [0.2, 0.25) is 0 Å². The molecule has 0 bridgehead atoms. The highest BCUT2D eigenvalue weighted by molar-refractivity contribution is 7.99. The quantitative estimate of drug-likeness (QED) is 0.757. The van der Waals surface area contributed by atoms with Crippen molar-refractivity contribution in [1.82, 2.24) is 4.90 Å². The number of nitrogens with zero attached hydrogens (tertiary/aromatic N) is 1. The highest BCUT2D eigenvalue weighted by Crippen LogP contribution is 2.40. The van der Waals surface area contributed by atoms with Gasteiger partial charge in [0.25, 0.3) is 0 Å². The molecule has 2 aromatic rings. The number of aryl methyl sites for hydroxylation is 1. The summed E-state index contributed by atoms with van der Waals surface area (Å²) in [5.74, 6) is 0.684. The Kier molecular flexibility index (Phi) is 5.46. The van der Waals surface area contributed by atoms with Gasteiger partial charge < -0.3 is 10.2 Å². The Balaban J connectivity index is 1.78. The van der Waals surface area contributed by atoms with Gasteiger partial charge in [-0.05, 0) is 41.8 Å². The molecule has 1 heterocycles. The van der Waals surface area contributed by atoms with Gasteiger partial charge in [0, 0.05) is 18.0 Å². The molecule has 1 aliphatic rings. The summed E-state index contributed by atoms with van der Waals surface area (Å²) in [6.45, 7) is 2.52. The van der Waals surface area contributed by atoms with Crippen molar-refractivity contribution >= 4 is 23.5 Å². The summed E-state index contributed by atoms with van der Waals surface area (Å²) in [5, 5.41) is 2.43. The maximum atomic E-state index is 13.0. The third-order valence-electron chi connectivity index (χ3n) is 4.24. The first-order valence-electron chi connectivity index (χ1n) is 8.34. The topological polar surface area (TPSA) is 32.3 Å². The zero-order valence-corrected chi connectivity index (χ0v) is 15.0. The van der Waals surface area contributed by atoms with E-state index in [4.69, 9.17) is 0 Å². The maximum absolute atomic E-state index is 13.0. The predicted molar refractivity (Wildman–Crippen MR) is 98.2 cm³/mol. The van der Waals surface area contributed by atoms with Gasteiger partial charge in [-0.1, -0.05) is 31.2 Å². The Morgan fingerprint density at radius 1 is 1.23 bits per heavy atom. The fraction of sp³-hybridized carbons (Fsp3) is 0.316. The number of hydrogen-bond acceptors (Lipinski definition) is 2. The number of alkyl halides is 3. The van der Waals surface area contributed by atoms with Crippen molar-refractivity contribution in [1.29, 1.82) is 0 Å². The third kappa shape index (κ3) is 4.15. The van der Waals surface area contributed by atoms with Gasteiger partial charge in [0.1, 0.15) is 5.37 Å². The number of urea groups is 1. The molecule has 3 nitrogen and oxygen atoms in total. The number of rotatable bonds is 3. The smallest absolute Gasteiger partial charge is 0.308 e. The Bertz CT molecular complexity index is 794. The van der Waals surface area contributed by atoms with Crippen LogP contribution in [-0.4, -0.2) is 23.2 Å². The van der Waals surface area contributed by atoms with Crippen LogP contribution in [0, 0.1) is 0 Å². The molecule has 7 heteroatoms. The van der Waals surface area contributed by atoms with Gasteiger partial charge >= 0.3 is 12.2 Å². The van der Waals surface area contributed by atoms with Gasteiger partial charge in [0.2, 0.25) is 0 Å². The molecule has 0 aromatic heterocycles. The fourth-order valence-electron chi connectivity index (χ4n) is 2.89. The van der Waals surface area contributed by atoms with E-state index in [0.717, 1.165) is 24.1 Å². The van der Waals surface area contributed by atoms with Crippen molar-refractivity contribution in [2.24, 2.45) is 0 Å². The molecule has 138 valence electrons. The number of anilines is 1. The number of nitrogens with one attached hydrogen (secondary N) is 1. The fourth-order valence-corrected chi connectivity index (χ4v) is 4.13. The third-order valence-corrected chi connectivity index (χ3v) is 5.50. The summed E-state index contributed by atoms with van der Waals surface area (Å²) >= 11 is 1.47. The molecule has 0 radical (unpaired) electrons. The first-order chi connectivity index (χ1) is 12.4. The Labute approximate surface area is 154 Å². The summed E-state index contributed by atoms with van der Waals surface area (Å²) in [6, 6.07) is 12.5. The van der Waals surface area contributed by atoms with E-state index in [0.29, 0.717) is 23.5 Å². The minimum Gasteiger partial charge on any atom is -0.308 e. The van der Waals surface area contributed by atoms with Crippen LogP contribution in [-0.2, 0) is 12.6 Å². The van der Waals surface area contributed by atoms with Crippen LogP contribution >= 0.6 is 11.8 Å². The second-order valence-electron chi connectivity index (χ2n) is 6.02. The maximum Gasteiger partial charge on any atom is 0.416 e. The zero-order chi connectivity index (χ0) is 18.7. The van der Waals surface area contributed by atoms with Crippen LogP contribution in [0.25, 0.3) is 0 Å². The van der Waals surface area contributed by atoms with Crippen molar-refractivity contribution in [2.45, 2.75) is 24.9 Å². The van der Waals surface area contributed by atoms with Crippen LogP contribution < -0.4 is 5.32 Å². The minimum atomic E-state index is -4.40. The Morgan fingerprint density at radius 2 is 2.00 bits per heavy atom. The number of carbonyl (C=O) groups excluding carboxylic acids is 1. The molecule has 26 heavy (non-hydrogen) atoms. The summed E-state index contributed by atoms with van der Waals surface area (Å²) in [5.41, 5.74) is 1.58. The van der Waals surface area contributed by atoms with E-state index in [1.807, 2.05) is 25.1 Å². The number of benzene rings is 2. The van der Waals surface area contributed by atoms with E-state index in [2.05, 4.69) is 5.32 Å². The van der Waals surface area contributed by atoms with Gasteiger partial charge in [-0.2, -0.15) is 13.2 Å². The lowest BCUT2D eigenvalue weighted by molar-refractivity contribution is -0.137. The molecule has 1 atom stereocenters.